The molecule has 0 N–H and O–H groups in total. The Bertz CT molecular complexity index is 902. The summed E-state index contributed by atoms with van der Waals surface area (Å²) in [5.41, 5.74) is 1.68. The molecule has 0 bridgehead atoms. The summed E-state index contributed by atoms with van der Waals surface area (Å²) in [7, 11) is 0. The summed E-state index contributed by atoms with van der Waals surface area (Å²) in [6, 6.07) is 11.9. The number of likely N-dealkylation sites (tertiary alicyclic amines) is 1. The molecule has 0 aliphatic carbocycles. The van der Waals surface area contributed by atoms with E-state index in [1.54, 1.807) is 0 Å². The van der Waals surface area contributed by atoms with Crippen molar-refractivity contribution in [1.82, 2.24) is 0 Å². The second kappa shape index (κ2) is 8.85. The molecule has 0 amide bonds. The summed E-state index contributed by atoms with van der Waals surface area (Å²) in [6.07, 6.45) is 5.30. The van der Waals surface area contributed by atoms with E-state index < -0.39 is 0 Å². The zero-order chi connectivity index (χ0) is 18.0. The van der Waals surface area contributed by atoms with Crippen LogP contribution in [0.15, 0.2) is 40.8 Å². The van der Waals surface area contributed by atoms with E-state index in [0.29, 0.717) is 5.02 Å². The summed E-state index contributed by atoms with van der Waals surface area (Å²) in [4.78, 5) is 0. The van der Waals surface area contributed by atoms with Crippen molar-refractivity contribution in [2.24, 2.45) is 0 Å². The Kier molecular flexibility index (Phi) is 6.72. The van der Waals surface area contributed by atoms with Gasteiger partial charge in [0, 0.05) is 40.8 Å². The van der Waals surface area contributed by atoms with E-state index in [1.165, 1.54) is 49.8 Å². The van der Waals surface area contributed by atoms with Gasteiger partial charge in [0.25, 0.3) is 0 Å². The van der Waals surface area contributed by atoms with Crippen LogP contribution in [0.1, 0.15) is 32.6 Å². The van der Waals surface area contributed by atoms with E-state index >= 15 is 0 Å². The maximum absolute atomic E-state index is 6.10. The highest BCUT2D eigenvalue weighted by Crippen LogP contribution is 2.32. The van der Waals surface area contributed by atoms with E-state index in [9.17, 15) is 0 Å². The predicted molar refractivity (Wildman–Crippen MR) is 108 cm³/mol. The molecular weight excluding hydrogens is 426 g/mol. The lowest BCUT2D eigenvalue weighted by Gasteiger charge is -2.34. The van der Waals surface area contributed by atoms with Crippen molar-refractivity contribution in [1.29, 1.82) is 0 Å². The molecule has 1 saturated heterocycles. The third-order valence-corrected chi connectivity index (χ3v) is 5.98. The van der Waals surface area contributed by atoms with Crippen LogP contribution in [0.2, 0.25) is 5.02 Å². The van der Waals surface area contributed by atoms with Crippen LogP contribution in [0.4, 0.5) is 0 Å². The molecule has 1 aromatic heterocycles. The molecule has 1 fully saturated rings. The Morgan fingerprint density at radius 2 is 1.70 bits per heavy atom. The lowest BCUT2D eigenvalue weighted by Crippen LogP contribution is -3.00. The molecule has 2 aromatic carbocycles. The number of halogens is 2. The molecule has 146 valence electrons. The minimum Gasteiger partial charge on any atom is -1.00 e. The molecule has 0 atom stereocenters. The van der Waals surface area contributed by atoms with Crippen molar-refractivity contribution < 1.29 is 30.6 Å². The van der Waals surface area contributed by atoms with Gasteiger partial charge in [-0.3, -0.25) is 0 Å². The lowest BCUT2D eigenvalue weighted by atomic mass is 10.1. The largest absolute Gasteiger partial charge is 1.00 e. The highest BCUT2D eigenvalue weighted by atomic mass is 79.9. The number of furan rings is 1. The molecule has 0 spiro atoms. The van der Waals surface area contributed by atoms with E-state index in [2.05, 4.69) is 13.0 Å². The number of unbranched alkanes of at least 4 members (excludes halogenated alkanes) is 1. The van der Waals surface area contributed by atoms with E-state index in [0.717, 1.165) is 40.8 Å². The van der Waals surface area contributed by atoms with Crippen molar-refractivity contribution in [3.63, 3.8) is 0 Å². The maximum atomic E-state index is 6.10. The fourth-order valence-electron chi connectivity index (χ4n) is 4.24. The smallest absolute Gasteiger partial charge is 0.139 e. The molecule has 0 unspecified atom stereocenters. The van der Waals surface area contributed by atoms with Crippen LogP contribution < -0.4 is 21.7 Å². The quantitative estimate of drug-likeness (QED) is 0.514. The Hall–Kier alpha value is -1.23. The van der Waals surface area contributed by atoms with Gasteiger partial charge in [-0.25, -0.2) is 0 Å². The zero-order valence-corrected chi connectivity index (χ0v) is 18.2. The third-order valence-electron chi connectivity index (χ3n) is 5.74. The summed E-state index contributed by atoms with van der Waals surface area (Å²) < 4.78 is 13.3. The monoisotopic (exact) mass is 451 g/mol. The molecule has 4 rings (SSSR count). The first-order chi connectivity index (χ1) is 12.7. The fourth-order valence-corrected chi connectivity index (χ4v) is 4.40. The lowest BCUT2D eigenvalue weighted by molar-refractivity contribution is -0.917. The molecule has 27 heavy (non-hydrogen) atoms. The molecule has 1 aliphatic rings. The molecule has 5 heteroatoms. The summed E-state index contributed by atoms with van der Waals surface area (Å²) in [6.45, 7) is 8.07. The first kappa shape index (κ1) is 20.5. The van der Waals surface area contributed by atoms with Crippen molar-refractivity contribution in [2.45, 2.75) is 32.6 Å². The number of rotatable bonds is 7. The van der Waals surface area contributed by atoms with Gasteiger partial charge in [0.05, 0.1) is 19.6 Å². The zero-order valence-electron chi connectivity index (χ0n) is 15.8. The predicted octanol–water partition coefficient (Wildman–Crippen LogP) is 3.03. The van der Waals surface area contributed by atoms with Crippen LogP contribution in [0.25, 0.3) is 21.9 Å². The second-order valence-corrected chi connectivity index (χ2v) is 7.98. The van der Waals surface area contributed by atoms with Crippen LogP contribution in [0.3, 0.4) is 0 Å². The highest BCUT2D eigenvalue weighted by molar-refractivity contribution is 6.31. The molecule has 2 heterocycles. The Balaban J connectivity index is 0.00000210. The van der Waals surface area contributed by atoms with Gasteiger partial charge < -0.3 is 30.6 Å². The minimum absolute atomic E-state index is 0. The van der Waals surface area contributed by atoms with Crippen molar-refractivity contribution in [3.05, 3.63) is 41.4 Å². The number of fused-ring (bicyclic) bond motifs is 3. The van der Waals surface area contributed by atoms with Crippen molar-refractivity contribution in [2.75, 3.05) is 32.8 Å². The summed E-state index contributed by atoms with van der Waals surface area (Å²) in [5.74, 6) is 0.885. The van der Waals surface area contributed by atoms with Gasteiger partial charge in [-0.2, -0.15) is 0 Å². The van der Waals surface area contributed by atoms with Crippen molar-refractivity contribution >= 4 is 33.5 Å². The maximum Gasteiger partial charge on any atom is 0.139 e. The average molecular weight is 453 g/mol. The number of hydrogen-bond acceptors (Lipinski definition) is 2. The summed E-state index contributed by atoms with van der Waals surface area (Å²) >= 11 is 6.07. The molecule has 1 aliphatic heterocycles. The SMILES string of the molecule is CCCC[N+]1(CCOc2ccc3c(c2)oc2cc(Cl)ccc23)CCCC1.[Br-]. The average Bonchev–Trinajstić information content (AvgIpc) is 3.24. The summed E-state index contributed by atoms with van der Waals surface area (Å²) in [5, 5.41) is 2.90. The van der Waals surface area contributed by atoms with Gasteiger partial charge in [0.1, 0.15) is 30.1 Å². The second-order valence-electron chi connectivity index (χ2n) is 7.55. The molecule has 0 radical (unpaired) electrons. The topological polar surface area (TPSA) is 22.4 Å². The van der Waals surface area contributed by atoms with E-state index in [1.807, 2.05) is 30.3 Å². The molecular formula is C22H27BrClNO2. The normalized spacial score (nSPS) is 15.9. The number of benzene rings is 2. The van der Waals surface area contributed by atoms with E-state index in [4.69, 9.17) is 20.8 Å². The minimum atomic E-state index is 0. The fraction of sp³-hybridized carbons (Fsp3) is 0.455. The van der Waals surface area contributed by atoms with Gasteiger partial charge in [0.15, 0.2) is 0 Å². The van der Waals surface area contributed by atoms with E-state index in [-0.39, 0.29) is 17.0 Å². The van der Waals surface area contributed by atoms with Gasteiger partial charge in [-0.1, -0.05) is 24.9 Å². The van der Waals surface area contributed by atoms with Gasteiger partial charge in [0.2, 0.25) is 0 Å². The number of hydrogen-bond donors (Lipinski definition) is 0. The third kappa shape index (κ3) is 4.44. The number of ether oxygens (including phenoxy) is 1. The Morgan fingerprint density at radius 3 is 2.44 bits per heavy atom. The van der Waals surface area contributed by atoms with Crippen LogP contribution >= 0.6 is 11.6 Å². The molecule has 0 saturated carbocycles. The highest BCUT2D eigenvalue weighted by Gasteiger charge is 2.30. The van der Waals surface area contributed by atoms with Gasteiger partial charge in [-0.05, 0) is 30.7 Å². The first-order valence-corrected chi connectivity index (χ1v) is 10.2. The molecule has 3 aromatic rings. The van der Waals surface area contributed by atoms with Crippen molar-refractivity contribution in [3.8, 4) is 5.75 Å². The first-order valence-electron chi connectivity index (χ1n) is 9.79. The Morgan fingerprint density at radius 1 is 1.00 bits per heavy atom. The van der Waals surface area contributed by atoms with Crippen LogP contribution in [-0.2, 0) is 0 Å². The van der Waals surface area contributed by atoms with Crippen LogP contribution in [0, 0.1) is 0 Å². The Labute approximate surface area is 176 Å². The van der Waals surface area contributed by atoms with Crippen LogP contribution in [0.5, 0.6) is 5.75 Å². The number of quaternary nitrogens is 1. The van der Waals surface area contributed by atoms with Gasteiger partial charge in [-0.15, -0.1) is 0 Å². The van der Waals surface area contributed by atoms with Gasteiger partial charge >= 0.3 is 0 Å². The molecule has 3 nitrogen and oxygen atoms in total. The number of nitrogens with zero attached hydrogens (tertiary/aromatic N) is 1. The van der Waals surface area contributed by atoms with Crippen LogP contribution in [-0.4, -0.2) is 37.3 Å². The standard InChI is InChI=1S/C22H27ClNO2.BrH/c1-2-3-10-24(11-4-5-12-24)13-14-25-18-7-9-20-19-8-6-17(23)15-21(19)26-22(20)16-18;/h6-9,15-16H,2-5,10-14H2,1H3;1H/q+1;/p-1.